The maximum atomic E-state index is 15.6. The molecule has 0 amide bonds. The van der Waals surface area contributed by atoms with Crippen LogP contribution < -0.4 is 0 Å². The molecule has 0 aromatic rings. The maximum Gasteiger partial charge on any atom is 0.192 e. The number of carbonyl (C=O) groups excluding carboxylic acids is 2. The lowest BCUT2D eigenvalue weighted by Crippen LogP contribution is -2.64. The highest BCUT2D eigenvalue weighted by Crippen LogP contribution is 2.67. The predicted molar refractivity (Wildman–Crippen MR) is 127 cm³/mol. The summed E-state index contributed by atoms with van der Waals surface area (Å²) in [6.45, 7) is 7.07. The van der Waals surface area contributed by atoms with Gasteiger partial charge in [-0.15, -0.1) is 0 Å². The molecular weight excluding hydrogens is 471 g/mol. The molecule has 0 heterocycles. The molecule has 8 nitrogen and oxygen atoms in total. The van der Waals surface area contributed by atoms with Crippen LogP contribution in [0.1, 0.15) is 47.0 Å². The van der Waals surface area contributed by atoms with Crippen LogP contribution in [0.4, 0.5) is 4.39 Å². The van der Waals surface area contributed by atoms with Gasteiger partial charge >= 0.3 is 0 Å². The molecule has 9 atom stereocenters. The van der Waals surface area contributed by atoms with Crippen LogP contribution in [0.2, 0.25) is 0 Å². The maximum absolute atomic E-state index is 15.6. The minimum Gasteiger partial charge on any atom is -0.393 e. The number of aliphatic hydroxyl groups is 3. The first-order valence-electron chi connectivity index (χ1n) is 13.0. The first-order valence-corrected chi connectivity index (χ1v) is 13.0. The number of ketones is 2. The smallest absolute Gasteiger partial charge is 0.192 e. The van der Waals surface area contributed by atoms with Crippen molar-refractivity contribution in [1.29, 1.82) is 0 Å². The van der Waals surface area contributed by atoms with E-state index in [-0.39, 0.29) is 43.5 Å². The van der Waals surface area contributed by atoms with Crippen molar-refractivity contribution in [3.05, 3.63) is 23.8 Å². The Hall–Kier alpha value is -1.49. The molecule has 4 aliphatic rings. The lowest BCUT2D eigenvalue weighted by molar-refractivity contribution is -0.214. The van der Waals surface area contributed by atoms with Gasteiger partial charge in [-0.25, -0.2) is 4.39 Å². The van der Waals surface area contributed by atoms with Gasteiger partial charge in [0, 0.05) is 30.0 Å². The molecule has 0 aromatic carbocycles. The summed E-state index contributed by atoms with van der Waals surface area (Å²) in [5, 5.41) is 33.2. The fourth-order valence-corrected chi connectivity index (χ4v) is 7.84. The van der Waals surface area contributed by atoms with Crippen molar-refractivity contribution in [3.8, 4) is 0 Å². The molecular formula is C27H39FO8. The molecule has 202 valence electrons. The summed E-state index contributed by atoms with van der Waals surface area (Å²) < 4.78 is 32.8. The predicted octanol–water partition coefficient (Wildman–Crippen LogP) is 1.90. The summed E-state index contributed by atoms with van der Waals surface area (Å²) in [4.78, 5) is 25.1. The van der Waals surface area contributed by atoms with Crippen LogP contribution in [-0.2, 0) is 23.8 Å². The zero-order valence-electron chi connectivity index (χ0n) is 21.5. The second-order valence-corrected chi connectivity index (χ2v) is 11.1. The van der Waals surface area contributed by atoms with E-state index in [0.717, 1.165) is 0 Å². The monoisotopic (exact) mass is 510 g/mol. The molecule has 0 saturated heterocycles. The van der Waals surface area contributed by atoms with Crippen molar-refractivity contribution in [2.45, 2.75) is 77.2 Å². The van der Waals surface area contributed by atoms with E-state index in [1.807, 2.05) is 20.8 Å². The second kappa shape index (κ2) is 10.0. The Balaban J connectivity index is 1.71. The zero-order chi connectivity index (χ0) is 26.5. The summed E-state index contributed by atoms with van der Waals surface area (Å²) >= 11 is 0. The fraction of sp³-hybridized carbons (Fsp3) is 0.778. The Labute approximate surface area is 211 Å². The van der Waals surface area contributed by atoms with Gasteiger partial charge in [0.15, 0.2) is 23.5 Å². The van der Waals surface area contributed by atoms with Crippen LogP contribution in [0.25, 0.3) is 0 Å². The van der Waals surface area contributed by atoms with Crippen LogP contribution in [-0.4, -0.2) is 83.6 Å². The van der Waals surface area contributed by atoms with Crippen molar-refractivity contribution in [2.75, 3.05) is 26.4 Å². The zero-order valence-corrected chi connectivity index (χ0v) is 21.5. The Morgan fingerprint density at radius 2 is 1.89 bits per heavy atom. The number of hydrogen-bond donors (Lipinski definition) is 3. The van der Waals surface area contributed by atoms with Gasteiger partial charge in [0.25, 0.3) is 0 Å². The van der Waals surface area contributed by atoms with E-state index in [1.165, 1.54) is 12.2 Å². The number of halogens is 1. The number of alkyl halides is 1. The highest BCUT2D eigenvalue weighted by atomic mass is 19.1. The van der Waals surface area contributed by atoms with Gasteiger partial charge in [0.1, 0.15) is 12.8 Å². The lowest BCUT2D eigenvalue weighted by atomic mass is 9.46. The number of hydrogen-bond acceptors (Lipinski definition) is 8. The van der Waals surface area contributed by atoms with Crippen molar-refractivity contribution in [2.24, 2.45) is 28.6 Å². The summed E-state index contributed by atoms with van der Waals surface area (Å²) in [6, 6.07) is 0. The Morgan fingerprint density at radius 3 is 2.50 bits per heavy atom. The van der Waals surface area contributed by atoms with E-state index in [9.17, 15) is 24.9 Å². The Bertz CT molecular complexity index is 929. The summed E-state index contributed by atoms with van der Waals surface area (Å²) in [5.41, 5.74) is -3.72. The topological polar surface area (TPSA) is 123 Å². The molecule has 3 saturated carbocycles. The number of carbonyl (C=O) groups is 2. The SMILES string of the molecule is CCOC(CO[C@@H]1C[C@H]2[C@@H]3C[C@H](F)C4=CC(=O)C=C[C@]4(C)[C@H]3[C@@H](O)C[C@]2(C)[C@@]1(O)C(=O)CO)OCC. The van der Waals surface area contributed by atoms with Crippen LogP contribution in [0.5, 0.6) is 0 Å². The second-order valence-electron chi connectivity index (χ2n) is 11.1. The number of Topliss-reactive ketones (excluding diaryl/α,β-unsaturated/α-hetero) is 1. The lowest BCUT2D eigenvalue weighted by Gasteiger charge is -2.59. The minimum atomic E-state index is -2.08. The molecule has 0 bridgehead atoms. The first kappa shape index (κ1) is 27.5. The molecule has 0 radical (unpaired) electrons. The molecule has 3 fully saturated rings. The van der Waals surface area contributed by atoms with Crippen molar-refractivity contribution in [1.82, 2.24) is 0 Å². The molecule has 0 spiro atoms. The number of rotatable bonds is 9. The Kier molecular flexibility index (Phi) is 7.65. The van der Waals surface area contributed by atoms with Crippen molar-refractivity contribution < 1.29 is 43.5 Å². The van der Waals surface area contributed by atoms with Crippen molar-refractivity contribution >= 4 is 11.6 Å². The standard InChI is InChI=1S/C27H39FO8/c1-5-34-23(35-6-2)14-36-22-11-17-16-10-19(28)18-9-15(30)7-8-25(18,3)24(16)20(31)12-26(17,4)27(22,33)21(32)13-29/h7-9,16-17,19-20,22-24,29,31,33H,5-6,10-14H2,1-4H3/t16-,17-,19-,20-,22+,24+,25-,26-,27+/m0/s1. The van der Waals surface area contributed by atoms with Crippen LogP contribution in [0, 0.1) is 28.6 Å². The van der Waals surface area contributed by atoms with Gasteiger partial charge in [-0.3, -0.25) is 9.59 Å². The van der Waals surface area contributed by atoms with E-state index in [2.05, 4.69) is 0 Å². The normalized spacial score (nSPS) is 43.7. The highest BCUT2D eigenvalue weighted by Gasteiger charge is 2.72. The molecule has 4 rings (SSSR count). The Morgan fingerprint density at radius 1 is 1.22 bits per heavy atom. The van der Waals surface area contributed by atoms with Crippen LogP contribution in [0.3, 0.4) is 0 Å². The van der Waals surface area contributed by atoms with Crippen LogP contribution >= 0.6 is 0 Å². The molecule has 3 N–H and O–H groups in total. The average Bonchev–Trinajstić information content (AvgIpc) is 3.05. The van der Waals surface area contributed by atoms with E-state index in [1.54, 1.807) is 13.0 Å². The van der Waals surface area contributed by atoms with E-state index in [0.29, 0.717) is 18.8 Å². The highest BCUT2D eigenvalue weighted by molar-refractivity contribution is 6.01. The van der Waals surface area contributed by atoms with Gasteiger partial charge in [0.05, 0.1) is 18.8 Å². The van der Waals surface area contributed by atoms with Gasteiger partial charge in [-0.05, 0) is 62.7 Å². The third kappa shape index (κ3) is 4.03. The molecule has 4 aliphatic carbocycles. The molecule has 36 heavy (non-hydrogen) atoms. The van der Waals surface area contributed by atoms with Crippen molar-refractivity contribution in [3.63, 3.8) is 0 Å². The van der Waals surface area contributed by atoms with Crippen LogP contribution in [0.15, 0.2) is 23.8 Å². The molecule has 9 heteroatoms. The van der Waals surface area contributed by atoms with E-state index in [4.69, 9.17) is 14.2 Å². The minimum absolute atomic E-state index is 0.0337. The third-order valence-electron chi connectivity index (χ3n) is 9.38. The van der Waals surface area contributed by atoms with Gasteiger partial charge in [-0.1, -0.05) is 19.9 Å². The van der Waals surface area contributed by atoms with E-state index >= 15 is 4.39 Å². The largest absolute Gasteiger partial charge is 0.393 e. The number of fused-ring (bicyclic) bond motifs is 5. The average molecular weight is 511 g/mol. The summed E-state index contributed by atoms with van der Waals surface area (Å²) in [5.74, 6) is -2.19. The van der Waals surface area contributed by atoms with Gasteiger partial charge < -0.3 is 29.5 Å². The summed E-state index contributed by atoms with van der Waals surface area (Å²) in [6.07, 6.45) is 0.821. The summed E-state index contributed by atoms with van der Waals surface area (Å²) in [7, 11) is 0. The fourth-order valence-electron chi connectivity index (χ4n) is 7.84. The van der Waals surface area contributed by atoms with E-state index < -0.39 is 59.4 Å². The number of allylic oxidation sites excluding steroid dienone is 4. The number of aliphatic hydroxyl groups excluding tert-OH is 2. The first-order chi connectivity index (χ1) is 17.0. The number of ether oxygens (including phenoxy) is 3. The molecule has 0 unspecified atom stereocenters. The van der Waals surface area contributed by atoms with Gasteiger partial charge in [-0.2, -0.15) is 0 Å². The third-order valence-corrected chi connectivity index (χ3v) is 9.38. The molecule has 0 aliphatic heterocycles. The molecule has 0 aromatic heterocycles. The quantitative estimate of drug-likeness (QED) is 0.402. The van der Waals surface area contributed by atoms with Gasteiger partial charge in [0.2, 0.25) is 0 Å².